The fraction of sp³-hybridized carbons (Fsp3) is 0.143. The summed E-state index contributed by atoms with van der Waals surface area (Å²) in [6.45, 7) is -0.423. The van der Waals surface area contributed by atoms with Crippen LogP contribution in [0, 0.1) is 11.3 Å². The van der Waals surface area contributed by atoms with E-state index in [4.69, 9.17) is 10.00 Å². The number of aromatic nitrogens is 2. The molecule has 7 nitrogen and oxygen atoms in total. The van der Waals surface area contributed by atoms with Gasteiger partial charge in [-0.25, -0.2) is 9.78 Å². The normalized spacial score (nSPS) is 10.2. The zero-order valence-electron chi connectivity index (χ0n) is 15.7. The minimum absolute atomic E-state index is 0.245. The first kappa shape index (κ1) is 20.2. The second-order valence-electron chi connectivity index (χ2n) is 5.96. The number of carbonyl (C=O) groups is 2. The molecule has 146 valence electrons. The SMILES string of the molecule is CSc1ncc(C(=O)OCC(=O)Nc2ccc(CC#N)cc2)n1-c1ccccc1. The van der Waals surface area contributed by atoms with E-state index in [0.29, 0.717) is 17.3 Å². The Morgan fingerprint density at radius 2 is 1.90 bits per heavy atom. The molecule has 0 fully saturated rings. The lowest BCUT2D eigenvalue weighted by molar-refractivity contribution is -0.119. The van der Waals surface area contributed by atoms with E-state index in [1.54, 1.807) is 28.8 Å². The van der Waals surface area contributed by atoms with Crippen molar-refractivity contribution in [1.29, 1.82) is 5.26 Å². The number of amides is 1. The Labute approximate surface area is 172 Å². The molecular formula is C21H18N4O3S. The summed E-state index contributed by atoms with van der Waals surface area (Å²) in [4.78, 5) is 28.9. The molecule has 1 N–H and O–H groups in total. The van der Waals surface area contributed by atoms with Crippen molar-refractivity contribution in [3.63, 3.8) is 0 Å². The number of anilines is 1. The van der Waals surface area contributed by atoms with E-state index < -0.39 is 18.5 Å². The predicted octanol–water partition coefficient (Wildman–Crippen LogP) is 3.46. The zero-order valence-corrected chi connectivity index (χ0v) is 16.5. The van der Waals surface area contributed by atoms with Crippen molar-refractivity contribution in [2.75, 3.05) is 18.2 Å². The number of hydrogen-bond acceptors (Lipinski definition) is 6. The molecule has 0 bridgehead atoms. The third-order valence-electron chi connectivity index (χ3n) is 3.99. The van der Waals surface area contributed by atoms with Crippen LogP contribution >= 0.6 is 11.8 Å². The molecule has 0 unspecified atom stereocenters. The molecule has 0 saturated carbocycles. The van der Waals surface area contributed by atoms with Crippen molar-refractivity contribution in [1.82, 2.24) is 9.55 Å². The molecule has 0 atom stereocenters. The lowest BCUT2D eigenvalue weighted by atomic mass is 10.1. The molecule has 3 rings (SSSR count). The Balaban J connectivity index is 1.64. The van der Waals surface area contributed by atoms with Crippen molar-refractivity contribution >= 4 is 29.3 Å². The molecule has 0 saturated heterocycles. The summed E-state index contributed by atoms with van der Waals surface area (Å²) in [6, 6.07) is 18.3. The second kappa shape index (κ2) is 9.57. The van der Waals surface area contributed by atoms with Crippen molar-refractivity contribution < 1.29 is 14.3 Å². The molecule has 1 aromatic heterocycles. The molecular weight excluding hydrogens is 388 g/mol. The van der Waals surface area contributed by atoms with Gasteiger partial charge >= 0.3 is 5.97 Å². The van der Waals surface area contributed by atoms with E-state index in [1.165, 1.54) is 18.0 Å². The summed E-state index contributed by atoms with van der Waals surface area (Å²) in [5, 5.41) is 12.0. The van der Waals surface area contributed by atoms with Crippen LogP contribution in [0.2, 0.25) is 0 Å². The summed E-state index contributed by atoms with van der Waals surface area (Å²) in [5.41, 5.74) is 2.44. The summed E-state index contributed by atoms with van der Waals surface area (Å²) in [6.07, 6.45) is 3.61. The number of thioether (sulfide) groups is 1. The molecule has 0 aliphatic carbocycles. The summed E-state index contributed by atoms with van der Waals surface area (Å²) < 4.78 is 6.87. The van der Waals surface area contributed by atoms with Crippen LogP contribution in [0.3, 0.4) is 0 Å². The van der Waals surface area contributed by atoms with Gasteiger partial charge < -0.3 is 10.1 Å². The van der Waals surface area contributed by atoms with E-state index in [-0.39, 0.29) is 5.69 Å². The van der Waals surface area contributed by atoms with Gasteiger partial charge in [-0.1, -0.05) is 42.1 Å². The number of nitrogens with zero attached hydrogens (tertiary/aromatic N) is 3. The fourth-order valence-electron chi connectivity index (χ4n) is 2.65. The highest BCUT2D eigenvalue weighted by Crippen LogP contribution is 2.22. The smallest absolute Gasteiger partial charge is 0.357 e. The first-order valence-corrected chi connectivity index (χ1v) is 9.95. The predicted molar refractivity (Wildman–Crippen MR) is 110 cm³/mol. The lowest BCUT2D eigenvalue weighted by Gasteiger charge is -2.11. The highest BCUT2D eigenvalue weighted by Gasteiger charge is 2.19. The minimum atomic E-state index is -0.638. The number of hydrogen-bond donors (Lipinski definition) is 1. The van der Waals surface area contributed by atoms with Crippen LogP contribution in [0.4, 0.5) is 5.69 Å². The van der Waals surface area contributed by atoms with Crippen molar-refractivity contribution in [3.05, 3.63) is 72.1 Å². The average Bonchev–Trinajstić information content (AvgIpc) is 3.18. The Kier molecular flexibility index (Phi) is 6.66. The van der Waals surface area contributed by atoms with Crippen LogP contribution in [0.25, 0.3) is 5.69 Å². The van der Waals surface area contributed by atoms with Gasteiger partial charge in [0.25, 0.3) is 5.91 Å². The van der Waals surface area contributed by atoms with Gasteiger partial charge in [0, 0.05) is 11.4 Å². The number of ether oxygens (including phenoxy) is 1. The maximum Gasteiger partial charge on any atom is 0.357 e. The molecule has 3 aromatic rings. The van der Waals surface area contributed by atoms with Crippen molar-refractivity contribution in [2.45, 2.75) is 11.6 Å². The summed E-state index contributed by atoms with van der Waals surface area (Å²) in [7, 11) is 0. The molecule has 1 heterocycles. The van der Waals surface area contributed by atoms with Gasteiger partial charge in [-0.3, -0.25) is 9.36 Å². The first-order valence-electron chi connectivity index (χ1n) is 8.72. The molecule has 29 heavy (non-hydrogen) atoms. The average molecular weight is 406 g/mol. The number of esters is 1. The Morgan fingerprint density at radius 3 is 2.55 bits per heavy atom. The summed E-state index contributed by atoms with van der Waals surface area (Å²) >= 11 is 1.40. The van der Waals surface area contributed by atoms with E-state index in [1.807, 2.05) is 36.6 Å². The quantitative estimate of drug-likeness (QED) is 0.477. The monoisotopic (exact) mass is 406 g/mol. The van der Waals surface area contributed by atoms with Crippen LogP contribution in [-0.2, 0) is 16.0 Å². The molecule has 2 aromatic carbocycles. The molecule has 8 heteroatoms. The number of nitrogens with one attached hydrogen (secondary N) is 1. The maximum absolute atomic E-state index is 12.5. The molecule has 1 amide bonds. The molecule has 0 aliphatic rings. The fourth-order valence-corrected chi connectivity index (χ4v) is 3.19. The summed E-state index contributed by atoms with van der Waals surface area (Å²) in [5.74, 6) is -1.09. The van der Waals surface area contributed by atoms with E-state index in [9.17, 15) is 9.59 Å². The standard InChI is InChI=1S/C21H18N4O3S/c1-29-21-23-13-18(25(21)17-5-3-2-4-6-17)20(27)28-14-19(26)24-16-9-7-15(8-10-16)11-12-22/h2-10,13H,11,14H2,1H3,(H,24,26). The van der Waals surface area contributed by atoms with Gasteiger partial charge in [0.15, 0.2) is 17.5 Å². The topological polar surface area (TPSA) is 97.0 Å². The van der Waals surface area contributed by atoms with Crippen LogP contribution in [0.5, 0.6) is 0 Å². The van der Waals surface area contributed by atoms with Gasteiger partial charge in [-0.05, 0) is 36.1 Å². The first-order chi connectivity index (χ1) is 14.1. The Hall–Kier alpha value is -3.57. The van der Waals surface area contributed by atoms with E-state index in [0.717, 1.165) is 11.3 Å². The van der Waals surface area contributed by atoms with Gasteiger partial charge in [-0.2, -0.15) is 5.26 Å². The molecule has 0 aliphatic heterocycles. The third kappa shape index (κ3) is 5.03. The number of nitriles is 1. The Bertz CT molecular complexity index is 1040. The number of rotatable bonds is 7. The maximum atomic E-state index is 12.5. The van der Waals surface area contributed by atoms with Gasteiger partial charge in [-0.15, -0.1) is 0 Å². The van der Waals surface area contributed by atoms with Gasteiger partial charge in [0.2, 0.25) is 0 Å². The van der Waals surface area contributed by atoms with E-state index >= 15 is 0 Å². The molecule has 0 radical (unpaired) electrons. The Morgan fingerprint density at radius 1 is 1.17 bits per heavy atom. The minimum Gasteiger partial charge on any atom is -0.451 e. The number of imidazole rings is 1. The molecule has 0 spiro atoms. The number of benzene rings is 2. The van der Waals surface area contributed by atoms with Crippen LogP contribution in [-0.4, -0.2) is 34.3 Å². The highest BCUT2D eigenvalue weighted by molar-refractivity contribution is 7.98. The zero-order chi connectivity index (χ0) is 20.6. The number of carbonyl (C=O) groups excluding carboxylic acids is 2. The van der Waals surface area contributed by atoms with Crippen molar-refractivity contribution in [2.24, 2.45) is 0 Å². The van der Waals surface area contributed by atoms with Gasteiger partial charge in [0.05, 0.1) is 18.7 Å². The van der Waals surface area contributed by atoms with Crippen LogP contribution in [0.15, 0.2) is 66.0 Å². The largest absolute Gasteiger partial charge is 0.451 e. The number of para-hydroxylation sites is 1. The van der Waals surface area contributed by atoms with Gasteiger partial charge in [0.1, 0.15) is 0 Å². The van der Waals surface area contributed by atoms with Crippen LogP contribution in [0.1, 0.15) is 16.1 Å². The third-order valence-corrected chi connectivity index (χ3v) is 4.64. The van der Waals surface area contributed by atoms with Crippen LogP contribution < -0.4 is 5.32 Å². The highest BCUT2D eigenvalue weighted by atomic mass is 32.2. The van der Waals surface area contributed by atoms with Crippen molar-refractivity contribution in [3.8, 4) is 11.8 Å². The second-order valence-corrected chi connectivity index (χ2v) is 6.73. The lowest BCUT2D eigenvalue weighted by Crippen LogP contribution is -2.22. The van der Waals surface area contributed by atoms with E-state index in [2.05, 4.69) is 16.4 Å².